The van der Waals surface area contributed by atoms with Gasteiger partial charge in [0.1, 0.15) is 12.4 Å². The molecule has 2 aromatic rings. The lowest BCUT2D eigenvalue weighted by molar-refractivity contribution is 0.151. The number of aromatic nitrogens is 2. The summed E-state index contributed by atoms with van der Waals surface area (Å²) in [5, 5.41) is 4.38. The van der Waals surface area contributed by atoms with Crippen LogP contribution in [0.2, 0.25) is 5.02 Å². The van der Waals surface area contributed by atoms with Gasteiger partial charge in [0.25, 0.3) is 5.89 Å². The normalized spacial score (nSPS) is 14.7. The van der Waals surface area contributed by atoms with Crippen molar-refractivity contribution in [2.75, 3.05) is 7.11 Å². The molecule has 118 valence electrons. The van der Waals surface area contributed by atoms with E-state index in [1.54, 1.807) is 19.2 Å². The molecule has 0 N–H and O–H groups in total. The summed E-state index contributed by atoms with van der Waals surface area (Å²) in [6.45, 7) is 1.22. The van der Waals surface area contributed by atoms with E-state index < -0.39 is 0 Å². The zero-order valence-electron chi connectivity index (χ0n) is 12.3. The van der Waals surface area contributed by atoms with Gasteiger partial charge < -0.3 is 9.26 Å². The largest absolute Gasteiger partial charge is 0.375 e. The van der Waals surface area contributed by atoms with Crippen LogP contribution in [0.25, 0.3) is 0 Å². The molecule has 0 saturated heterocycles. The zero-order valence-corrected chi connectivity index (χ0v) is 13.0. The van der Waals surface area contributed by atoms with Gasteiger partial charge in [0, 0.05) is 30.3 Å². The minimum atomic E-state index is -0.286. The molecule has 0 atom stereocenters. The lowest BCUT2D eigenvalue weighted by atomic mass is 10.2. The minimum absolute atomic E-state index is 0.286. The molecule has 1 aromatic carbocycles. The van der Waals surface area contributed by atoms with Crippen LogP contribution >= 0.6 is 11.6 Å². The molecule has 1 fully saturated rings. The van der Waals surface area contributed by atoms with E-state index >= 15 is 0 Å². The van der Waals surface area contributed by atoms with Crippen LogP contribution in [0, 0.1) is 5.82 Å². The Kier molecular flexibility index (Phi) is 4.71. The van der Waals surface area contributed by atoms with Crippen molar-refractivity contribution in [3.05, 3.63) is 46.3 Å². The summed E-state index contributed by atoms with van der Waals surface area (Å²) in [6.07, 6.45) is 2.18. The fourth-order valence-electron chi connectivity index (χ4n) is 2.36. The van der Waals surface area contributed by atoms with Gasteiger partial charge in [-0.15, -0.1) is 0 Å². The molecule has 0 aliphatic heterocycles. The van der Waals surface area contributed by atoms with E-state index in [2.05, 4.69) is 15.0 Å². The molecule has 1 aromatic heterocycles. The SMILES string of the molecule is COCc1nc(CN(Cc2c(F)cccc2Cl)C2CC2)no1. The molecule has 22 heavy (non-hydrogen) atoms. The zero-order chi connectivity index (χ0) is 15.5. The van der Waals surface area contributed by atoms with Crippen LogP contribution in [0.1, 0.15) is 30.1 Å². The van der Waals surface area contributed by atoms with E-state index in [4.69, 9.17) is 20.9 Å². The first-order valence-electron chi connectivity index (χ1n) is 7.14. The maximum atomic E-state index is 14.0. The predicted octanol–water partition coefficient (Wildman–Crippen LogP) is 3.17. The van der Waals surface area contributed by atoms with Crippen molar-refractivity contribution >= 4 is 11.6 Å². The van der Waals surface area contributed by atoms with Crippen molar-refractivity contribution in [3.8, 4) is 0 Å². The Labute approximate surface area is 133 Å². The van der Waals surface area contributed by atoms with Gasteiger partial charge >= 0.3 is 0 Å². The standard InChI is InChI=1S/C15H17ClFN3O2/c1-21-9-15-18-14(19-22-15)8-20(10-5-6-10)7-11-12(16)3-2-4-13(11)17/h2-4,10H,5-9H2,1H3. The van der Waals surface area contributed by atoms with Gasteiger partial charge in [-0.1, -0.05) is 22.8 Å². The van der Waals surface area contributed by atoms with Crippen molar-refractivity contribution in [2.24, 2.45) is 0 Å². The highest BCUT2D eigenvalue weighted by Crippen LogP contribution is 2.31. The molecule has 1 heterocycles. The van der Waals surface area contributed by atoms with Gasteiger partial charge in [-0.05, 0) is 25.0 Å². The van der Waals surface area contributed by atoms with Crippen molar-refractivity contribution in [2.45, 2.75) is 38.6 Å². The quantitative estimate of drug-likeness (QED) is 0.782. The van der Waals surface area contributed by atoms with E-state index in [0.29, 0.717) is 41.4 Å². The summed E-state index contributed by atoms with van der Waals surface area (Å²) in [4.78, 5) is 6.40. The Balaban J connectivity index is 1.73. The maximum absolute atomic E-state index is 14.0. The van der Waals surface area contributed by atoms with Crippen molar-refractivity contribution in [1.82, 2.24) is 15.0 Å². The van der Waals surface area contributed by atoms with Gasteiger partial charge in [-0.3, -0.25) is 4.90 Å². The molecular formula is C15H17ClFN3O2. The van der Waals surface area contributed by atoms with E-state index in [9.17, 15) is 4.39 Å². The number of rotatable bonds is 7. The second-order valence-electron chi connectivity index (χ2n) is 5.37. The highest BCUT2D eigenvalue weighted by atomic mass is 35.5. The molecular weight excluding hydrogens is 309 g/mol. The Morgan fingerprint density at radius 2 is 2.23 bits per heavy atom. The number of benzene rings is 1. The number of ether oxygens (including phenoxy) is 1. The Bertz CT molecular complexity index is 625. The Hall–Kier alpha value is -1.50. The number of hydrogen-bond donors (Lipinski definition) is 0. The van der Waals surface area contributed by atoms with Crippen LogP contribution in [0.5, 0.6) is 0 Å². The number of halogens is 2. The van der Waals surface area contributed by atoms with Gasteiger partial charge in [0.15, 0.2) is 5.82 Å². The third-order valence-electron chi connectivity index (χ3n) is 3.61. The Morgan fingerprint density at radius 3 is 2.91 bits per heavy atom. The smallest absolute Gasteiger partial charge is 0.252 e. The average molecular weight is 326 g/mol. The highest BCUT2D eigenvalue weighted by Gasteiger charge is 2.31. The van der Waals surface area contributed by atoms with Crippen LogP contribution in [-0.2, 0) is 24.4 Å². The van der Waals surface area contributed by atoms with Gasteiger partial charge in [0.05, 0.1) is 6.54 Å². The summed E-state index contributed by atoms with van der Waals surface area (Å²) < 4.78 is 24.0. The number of nitrogens with zero attached hydrogens (tertiary/aromatic N) is 3. The maximum Gasteiger partial charge on any atom is 0.252 e. The molecule has 0 spiro atoms. The summed E-state index contributed by atoms with van der Waals surface area (Å²) in [6, 6.07) is 5.16. The molecule has 7 heteroatoms. The fraction of sp³-hybridized carbons (Fsp3) is 0.467. The molecule has 0 bridgehead atoms. The average Bonchev–Trinajstić information content (AvgIpc) is 3.24. The van der Waals surface area contributed by atoms with E-state index in [1.165, 1.54) is 6.07 Å². The summed E-state index contributed by atoms with van der Waals surface area (Å²) >= 11 is 6.11. The molecule has 0 unspecified atom stereocenters. The van der Waals surface area contributed by atoms with E-state index in [-0.39, 0.29) is 12.4 Å². The first kappa shape index (κ1) is 15.4. The van der Waals surface area contributed by atoms with Crippen molar-refractivity contribution in [1.29, 1.82) is 0 Å². The van der Waals surface area contributed by atoms with Gasteiger partial charge in [0.2, 0.25) is 0 Å². The van der Waals surface area contributed by atoms with Crippen LogP contribution < -0.4 is 0 Å². The lowest BCUT2D eigenvalue weighted by Crippen LogP contribution is -2.26. The van der Waals surface area contributed by atoms with Gasteiger partial charge in [-0.25, -0.2) is 4.39 Å². The molecule has 5 nitrogen and oxygen atoms in total. The Morgan fingerprint density at radius 1 is 1.41 bits per heavy atom. The molecule has 1 aliphatic rings. The molecule has 1 aliphatic carbocycles. The molecule has 1 saturated carbocycles. The number of methoxy groups -OCH3 is 1. The molecule has 0 amide bonds. The second kappa shape index (κ2) is 6.73. The highest BCUT2D eigenvalue weighted by molar-refractivity contribution is 6.31. The van der Waals surface area contributed by atoms with Crippen LogP contribution in [0.4, 0.5) is 4.39 Å². The number of hydrogen-bond acceptors (Lipinski definition) is 5. The topological polar surface area (TPSA) is 51.4 Å². The predicted molar refractivity (Wildman–Crippen MR) is 78.7 cm³/mol. The first-order valence-corrected chi connectivity index (χ1v) is 7.52. The molecule has 3 rings (SSSR count). The summed E-state index contributed by atoms with van der Waals surface area (Å²) in [5.74, 6) is 0.731. The van der Waals surface area contributed by atoms with Gasteiger partial charge in [-0.2, -0.15) is 4.98 Å². The minimum Gasteiger partial charge on any atom is -0.375 e. The third-order valence-corrected chi connectivity index (χ3v) is 3.96. The third kappa shape index (κ3) is 3.63. The first-order chi connectivity index (χ1) is 10.7. The summed E-state index contributed by atoms with van der Waals surface area (Å²) in [7, 11) is 1.57. The summed E-state index contributed by atoms with van der Waals surface area (Å²) in [5.41, 5.74) is 0.511. The van der Waals surface area contributed by atoms with Crippen LogP contribution in [0.3, 0.4) is 0 Å². The van der Waals surface area contributed by atoms with Crippen LogP contribution in [-0.4, -0.2) is 28.2 Å². The van der Waals surface area contributed by atoms with E-state index in [1.807, 2.05) is 0 Å². The monoisotopic (exact) mass is 325 g/mol. The lowest BCUT2D eigenvalue weighted by Gasteiger charge is -2.21. The van der Waals surface area contributed by atoms with E-state index in [0.717, 1.165) is 12.8 Å². The van der Waals surface area contributed by atoms with Crippen molar-refractivity contribution < 1.29 is 13.7 Å². The second-order valence-corrected chi connectivity index (χ2v) is 5.78. The van der Waals surface area contributed by atoms with Crippen molar-refractivity contribution in [3.63, 3.8) is 0 Å². The molecule has 0 radical (unpaired) electrons. The fourth-order valence-corrected chi connectivity index (χ4v) is 2.58. The van der Waals surface area contributed by atoms with Crippen LogP contribution in [0.15, 0.2) is 22.7 Å².